The molecule has 4 aliphatic heterocycles. The molecule has 6 nitrogen and oxygen atoms in total. The van der Waals surface area contributed by atoms with Gasteiger partial charge in [0.05, 0.1) is 28.4 Å². The van der Waals surface area contributed by atoms with Crippen LogP contribution in [-0.2, 0) is 0 Å². The highest BCUT2D eigenvalue weighted by atomic mass is 32.1. The molecule has 0 atom stereocenters. The number of hydrogen-bond donors (Lipinski definition) is 0. The van der Waals surface area contributed by atoms with E-state index in [1.54, 1.807) is 0 Å². The molecule has 470 valence electrons. The third-order valence-corrected chi connectivity index (χ3v) is 24.6. The molecule has 22 rings (SSSR count). The first-order valence-electron chi connectivity index (χ1n) is 34.4. The molecule has 0 spiro atoms. The standard InChI is InChI=1S/C90H55B2N5OS3/c1-5-26-56(27-6-1)93(57-28-7-2-8-29-57)61-52-77-90-79(53-61)98-78-43-19-17-38-66(78)92(90)68-54-67-73(55-74(68)97(77)72-42-25-49-85-88(72)64-36-15-22-46-82(64)101-85)96(71-41-24-48-84-87(71)63-35-14-21-45-81(63)100-84)76-51-60(50-75-89(76)91(67)65-37-16-18-39-69(65)95(75)59-32-11-4-12-33-59)94(58-30-9-3-10-31-58)70-40-23-47-83-86(70)62-34-13-20-44-80(62)99-83/h1-55H. The van der Waals surface area contributed by atoms with Crippen molar-refractivity contribution in [1.29, 1.82) is 0 Å². The van der Waals surface area contributed by atoms with E-state index in [1.807, 2.05) is 34.0 Å². The average molecular weight is 1340 g/mol. The van der Waals surface area contributed by atoms with E-state index in [0.717, 1.165) is 108 Å². The van der Waals surface area contributed by atoms with E-state index in [4.69, 9.17) is 4.74 Å². The van der Waals surface area contributed by atoms with Crippen molar-refractivity contribution in [1.82, 2.24) is 0 Å². The van der Waals surface area contributed by atoms with Gasteiger partial charge in [0, 0.05) is 123 Å². The lowest BCUT2D eigenvalue weighted by molar-refractivity contribution is 0.487. The third-order valence-electron chi connectivity index (χ3n) is 21.2. The maximum Gasteiger partial charge on any atom is 0.256 e. The molecule has 0 fully saturated rings. The van der Waals surface area contributed by atoms with E-state index in [-0.39, 0.29) is 13.4 Å². The van der Waals surface area contributed by atoms with Crippen LogP contribution in [0.5, 0.6) is 11.5 Å². The van der Waals surface area contributed by atoms with Crippen LogP contribution in [0.3, 0.4) is 0 Å². The summed E-state index contributed by atoms with van der Waals surface area (Å²) in [5, 5.41) is 7.40. The molecule has 0 radical (unpaired) electrons. The minimum atomic E-state index is -0.230. The first-order valence-corrected chi connectivity index (χ1v) is 36.9. The van der Waals surface area contributed by atoms with Crippen LogP contribution in [-0.4, -0.2) is 13.4 Å². The maximum absolute atomic E-state index is 7.47. The summed E-state index contributed by atoms with van der Waals surface area (Å²) < 4.78 is 15.0. The fourth-order valence-corrected chi connectivity index (χ4v) is 20.6. The van der Waals surface area contributed by atoms with Crippen LogP contribution in [0.25, 0.3) is 60.5 Å². The van der Waals surface area contributed by atoms with Crippen LogP contribution in [0.1, 0.15) is 0 Å². The van der Waals surface area contributed by atoms with Gasteiger partial charge in [-0.15, -0.1) is 34.0 Å². The zero-order chi connectivity index (χ0) is 66.0. The average Bonchev–Trinajstić information content (AvgIpc) is 0.776. The van der Waals surface area contributed by atoms with Gasteiger partial charge in [0.2, 0.25) is 0 Å². The second kappa shape index (κ2) is 22.2. The predicted molar refractivity (Wildman–Crippen MR) is 434 cm³/mol. The van der Waals surface area contributed by atoms with Crippen LogP contribution in [0.4, 0.5) is 85.3 Å². The Kier molecular flexibility index (Phi) is 12.5. The molecule has 4 aliphatic rings. The quantitative estimate of drug-likeness (QED) is 0.134. The van der Waals surface area contributed by atoms with E-state index in [9.17, 15) is 0 Å². The van der Waals surface area contributed by atoms with Gasteiger partial charge in [0.1, 0.15) is 11.5 Å². The van der Waals surface area contributed by atoms with Gasteiger partial charge >= 0.3 is 0 Å². The van der Waals surface area contributed by atoms with Crippen LogP contribution in [0, 0.1) is 0 Å². The Labute approximate surface area is 596 Å². The van der Waals surface area contributed by atoms with E-state index < -0.39 is 0 Å². The highest BCUT2D eigenvalue weighted by Gasteiger charge is 2.49. The summed E-state index contributed by atoms with van der Waals surface area (Å²) in [7, 11) is 0. The van der Waals surface area contributed by atoms with Crippen molar-refractivity contribution in [2.75, 3.05) is 24.5 Å². The van der Waals surface area contributed by atoms with Gasteiger partial charge in [-0.05, 0) is 172 Å². The Morgan fingerprint density at radius 3 is 1.25 bits per heavy atom. The van der Waals surface area contributed by atoms with Crippen LogP contribution >= 0.6 is 34.0 Å². The van der Waals surface area contributed by atoms with Crippen molar-refractivity contribution < 1.29 is 4.74 Å². The fourth-order valence-electron chi connectivity index (χ4n) is 17.2. The zero-order valence-corrected chi connectivity index (χ0v) is 56.7. The highest BCUT2D eigenvalue weighted by Crippen LogP contribution is 2.56. The number of para-hydroxylation sites is 6. The molecule has 0 aliphatic carbocycles. The van der Waals surface area contributed by atoms with E-state index in [0.29, 0.717) is 0 Å². The molecular formula is C90H55B2N5OS3. The van der Waals surface area contributed by atoms with Gasteiger partial charge in [-0.25, -0.2) is 0 Å². The second-order valence-electron chi connectivity index (χ2n) is 26.6. The SMILES string of the molecule is c1ccc(N(c2ccccc2)c2cc3c4c(c2)N(c2cccc5sc6ccccc6c25)c2cc5c(cc2B4c2ccccc2O3)B2c3ccccc3N(c3ccccc3)c3cc(N(c4ccccc4)c4cccc6sc7ccccc7c46)cc(c32)N5c2cccc3sc4ccccc4c23)cc1. The predicted octanol–water partition coefficient (Wildman–Crippen LogP) is 22.2. The molecule has 15 aromatic carbocycles. The highest BCUT2D eigenvalue weighted by molar-refractivity contribution is 7.26. The summed E-state index contributed by atoms with van der Waals surface area (Å²) in [5.74, 6) is 1.69. The molecule has 101 heavy (non-hydrogen) atoms. The molecule has 3 aromatic heterocycles. The largest absolute Gasteiger partial charge is 0.458 e. The van der Waals surface area contributed by atoms with E-state index >= 15 is 0 Å². The van der Waals surface area contributed by atoms with Crippen molar-refractivity contribution in [3.63, 3.8) is 0 Å². The fraction of sp³-hybridized carbons (Fsp3) is 0. The van der Waals surface area contributed by atoms with Crippen LogP contribution in [0.2, 0.25) is 0 Å². The number of fused-ring (bicyclic) bond motifs is 17. The van der Waals surface area contributed by atoms with E-state index in [1.165, 1.54) is 82.4 Å². The maximum atomic E-state index is 7.47. The smallest absolute Gasteiger partial charge is 0.256 e. The molecule has 0 N–H and O–H groups in total. The number of hydrogen-bond acceptors (Lipinski definition) is 9. The van der Waals surface area contributed by atoms with Gasteiger partial charge in [-0.3, -0.25) is 0 Å². The van der Waals surface area contributed by atoms with Gasteiger partial charge < -0.3 is 29.2 Å². The lowest BCUT2D eigenvalue weighted by atomic mass is 9.30. The minimum Gasteiger partial charge on any atom is -0.458 e. The Hall–Kier alpha value is -12.1. The van der Waals surface area contributed by atoms with Gasteiger partial charge in [-0.2, -0.15) is 0 Å². The number of nitrogens with zero attached hydrogens (tertiary/aromatic N) is 5. The number of anilines is 15. The van der Waals surface area contributed by atoms with E-state index in [2.05, 4.69) is 358 Å². The molecule has 18 aromatic rings. The second-order valence-corrected chi connectivity index (χ2v) is 29.8. The summed E-state index contributed by atoms with van der Waals surface area (Å²) in [6.45, 7) is -0.456. The topological polar surface area (TPSA) is 25.4 Å². The Bertz CT molecular complexity index is 6420. The van der Waals surface area contributed by atoms with Crippen LogP contribution < -0.4 is 62.0 Å². The summed E-state index contributed by atoms with van der Waals surface area (Å²) in [4.78, 5) is 12.8. The zero-order valence-electron chi connectivity index (χ0n) is 54.3. The molecule has 0 saturated carbocycles. The molecule has 11 heteroatoms. The van der Waals surface area contributed by atoms with Gasteiger partial charge in [0.15, 0.2) is 0 Å². The van der Waals surface area contributed by atoms with Crippen molar-refractivity contribution in [3.8, 4) is 11.5 Å². The molecule has 0 bridgehead atoms. The first-order chi connectivity index (χ1) is 50.1. The lowest BCUT2D eigenvalue weighted by Crippen LogP contribution is -2.64. The van der Waals surface area contributed by atoms with Gasteiger partial charge in [-0.1, -0.05) is 188 Å². The summed E-state index contributed by atoms with van der Waals surface area (Å²) in [6.07, 6.45) is 0. The third kappa shape index (κ3) is 8.46. The lowest BCUT2D eigenvalue weighted by Gasteiger charge is -2.47. The van der Waals surface area contributed by atoms with Crippen molar-refractivity contribution in [2.45, 2.75) is 0 Å². The molecule has 7 heterocycles. The number of benzene rings is 15. The van der Waals surface area contributed by atoms with Crippen molar-refractivity contribution in [3.05, 3.63) is 334 Å². The summed E-state index contributed by atoms with van der Waals surface area (Å²) >= 11 is 5.59. The summed E-state index contributed by atoms with van der Waals surface area (Å²) in [5.41, 5.74) is 23.6. The Balaban J connectivity index is 0.899. The first kappa shape index (κ1) is 56.9. The monoisotopic (exact) mass is 1340 g/mol. The number of ether oxygens (including phenoxy) is 1. The number of thiophene rings is 3. The van der Waals surface area contributed by atoms with Gasteiger partial charge in [0.25, 0.3) is 13.4 Å². The number of rotatable bonds is 9. The molecule has 0 unspecified atom stereocenters. The Morgan fingerprint density at radius 2 is 0.663 bits per heavy atom. The van der Waals surface area contributed by atoms with Crippen molar-refractivity contribution >= 4 is 226 Å². The van der Waals surface area contributed by atoms with Crippen molar-refractivity contribution in [2.24, 2.45) is 0 Å². The minimum absolute atomic E-state index is 0.226. The normalized spacial score (nSPS) is 13.1. The Morgan fingerprint density at radius 1 is 0.248 bits per heavy atom. The molecule has 0 saturated heterocycles. The van der Waals surface area contributed by atoms with Crippen LogP contribution in [0.15, 0.2) is 334 Å². The summed E-state index contributed by atoms with van der Waals surface area (Å²) in [6, 6.07) is 124. The molecule has 0 amide bonds. The molecular weight excluding hydrogens is 1280 g/mol.